The molecular formula is C18H21ClN2O2. The van der Waals surface area contributed by atoms with Gasteiger partial charge in [0.25, 0.3) is 0 Å². The highest BCUT2D eigenvalue weighted by atomic mass is 35.5. The predicted molar refractivity (Wildman–Crippen MR) is 92.3 cm³/mol. The minimum absolute atomic E-state index is 0.418. The Morgan fingerprint density at radius 1 is 1.17 bits per heavy atom. The van der Waals surface area contributed by atoms with E-state index in [1.807, 2.05) is 48.5 Å². The second-order valence-electron chi connectivity index (χ2n) is 5.81. The maximum absolute atomic E-state index is 11.2. The highest BCUT2D eigenvalue weighted by molar-refractivity contribution is 6.31. The number of hydrogen-bond donors (Lipinski definition) is 2. The van der Waals surface area contributed by atoms with Crippen LogP contribution in [0.2, 0.25) is 5.02 Å². The van der Waals surface area contributed by atoms with E-state index in [9.17, 15) is 4.79 Å². The Morgan fingerprint density at radius 3 is 2.43 bits per heavy atom. The second kappa shape index (κ2) is 7.49. The Hall–Kier alpha value is -2.04. The number of aryl methyl sites for hydroxylation is 1. The smallest absolute Gasteiger partial charge is 0.237 e. The molecule has 0 aliphatic carbocycles. The first-order valence-electron chi connectivity index (χ1n) is 7.42. The molecule has 2 aromatic carbocycles. The standard InChI is InChI=1S/C18H21ClN2O2/c1-18(21,17(20)22)11-10-13-6-8-15(9-7-13)23-12-14-4-2-3-5-16(14)19/h2-9H,10-12,21H2,1H3,(H2,20,22). The van der Waals surface area contributed by atoms with Crippen molar-refractivity contribution < 1.29 is 9.53 Å². The third-order valence-corrected chi connectivity index (χ3v) is 4.14. The molecule has 2 rings (SSSR count). The lowest BCUT2D eigenvalue weighted by molar-refractivity contribution is -0.122. The fraction of sp³-hybridized carbons (Fsp3) is 0.278. The molecule has 0 heterocycles. The summed E-state index contributed by atoms with van der Waals surface area (Å²) in [6.45, 7) is 2.07. The third kappa shape index (κ3) is 4.98. The first-order chi connectivity index (χ1) is 10.9. The number of rotatable bonds is 7. The maximum Gasteiger partial charge on any atom is 0.237 e. The lowest BCUT2D eigenvalue weighted by Crippen LogP contribution is -2.49. The molecule has 0 bridgehead atoms. The van der Waals surface area contributed by atoms with Crippen LogP contribution >= 0.6 is 11.6 Å². The molecule has 0 radical (unpaired) electrons. The lowest BCUT2D eigenvalue weighted by atomic mass is 9.94. The predicted octanol–water partition coefficient (Wildman–Crippen LogP) is 3.05. The van der Waals surface area contributed by atoms with Crippen molar-refractivity contribution >= 4 is 17.5 Å². The first-order valence-corrected chi connectivity index (χ1v) is 7.80. The van der Waals surface area contributed by atoms with E-state index in [2.05, 4.69) is 0 Å². The fourth-order valence-corrected chi connectivity index (χ4v) is 2.25. The Kier molecular flexibility index (Phi) is 5.64. The van der Waals surface area contributed by atoms with Crippen molar-refractivity contribution in [3.05, 3.63) is 64.7 Å². The summed E-state index contributed by atoms with van der Waals surface area (Å²) in [6.07, 6.45) is 1.18. The van der Waals surface area contributed by atoms with Crippen LogP contribution in [-0.2, 0) is 17.8 Å². The van der Waals surface area contributed by atoms with Gasteiger partial charge in [0.1, 0.15) is 12.4 Å². The number of carbonyl (C=O) groups excluding carboxylic acids is 1. The number of hydrogen-bond acceptors (Lipinski definition) is 3. The number of nitrogens with two attached hydrogens (primary N) is 2. The van der Waals surface area contributed by atoms with Gasteiger partial charge < -0.3 is 16.2 Å². The second-order valence-corrected chi connectivity index (χ2v) is 6.21. The average Bonchev–Trinajstić information content (AvgIpc) is 2.53. The number of ether oxygens (including phenoxy) is 1. The minimum atomic E-state index is -0.987. The van der Waals surface area contributed by atoms with E-state index in [0.29, 0.717) is 24.5 Å². The summed E-state index contributed by atoms with van der Waals surface area (Å²) in [7, 11) is 0. The van der Waals surface area contributed by atoms with Crippen molar-refractivity contribution in [3.63, 3.8) is 0 Å². The van der Waals surface area contributed by atoms with Crippen molar-refractivity contribution in [2.24, 2.45) is 11.5 Å². The number of primary amides is 1. The van der Waals surface area contributed by atoms with Crippen molar-refractivity contribution in [2.45, 2.75) is 31.9 Å². The molecule has 0 aliphatic heterocycles. The fourth-order valence-electron chi connectivity index (χ4n) is 2.06. The van der Waals surface area contributed by atoms with Crippen LogP contribution in [0, 0.1) is 0 Å². The van der Waals surface area contributed by atoms with Gasteiger partial charge in [-0.1, -0.05) is 41.9 Å². The normalized spacial score (nSPS) is 13.3. The zero-order chi connectivity index (χ0) is 16.9. The number of amides is 1. The van der Waals surface area contributed by atoms with E-state index in [1.165, 1.54) is 0 Å². The van der Waals surface area contributed by atoms with Crippen LogP contribution in [0.1, 0.15) is 24.5 Å². The SMILES string of the molecule is CC(N)(CCc1ccc(OCc2ccccc2Cl)cc1)C(N)=O. The molecule has 122 valence electrons. The number of benzene rings is 2. The van der Waals surface area contributed by atoms with Crippen LogP contribution < -0.4 is 16.2 Å². The molecule has 4 nitrogen and oxygen atoms in total. The molecule has 0 fully saturated rings. The quantitative estimate of drug-likeness (QED) is 0.818. The van der Waals surface area contributed by atoms with Crippen LogP contribution in [0.15, 0.2) is 48.5 Å². The van der Waals surface area contributed by atoms with Crippen molar-refractivity contribution in [3.8, 4) is 5.75 Å². The Morgan fingerprint density at radius 2 is 1.83 bits per heavy atom. The van der Waals surface area contributed by atoms with Gasteiger partial charge in [-0.15, -0.1) is 0 Å². The maximum atomic E-state index is 11.2. The highest BCUT2D eigenvalue weighted by Gasteiger charge is 2.24. The Balaban J connectivity index is 1.90. The molecule has 0 aliphatic rings. The first kappa shape index (κ1) is 17.3. The van der Waals surface area contributed by atoms with Gasteiger partial charge in [-0.05, 0) is 43.5 Å². The highest BCUT2D eigenvalue weighted by Crippen LogP contribution is 2.20. The van der Waals surface area contributed by atoms with Gasteiger partial charge >= 0.3 is 0 Å². The largest absolute Gasteiger partial charge is 0.489 e. The molecule has 1 unspecified atom stereocenters. The summed E-state index contributed by atoms with van der Waals surface area (Å²) < 4.78 is 5.73. The van der Waals surface area contributed by atoms with Crippen molar-refractivity contribution in [2.75, 3.05) is 0 Å². The van der Waals surface area contributed by atoms with Gasteiger partial charge in [0.2, 0.25) is 5.91 Å². The molecule has 0 saturated carbocycles. The topological polar surface area (TPSA) is 78.3 Å². The van der Waals surface area contributed by atoms with Crippen LogP contribution in [-0.4, -0.2) is 11.4 Å². The molecule has 0 saturated heterocycles. The van der Waals surface area contributed by atoms with Gasteiger partial charge in [-0.2, -0.15) is 0 Å². The van der Waals surface area contributed by atoms with Gasteiger partial charge in [-0.25, -0.2) is 0 Å². The monoisotopic (exact) mass is 332 g/mol. The molecule has 1 atom stereocenters. The van der Waals surface area contributed by atoms with E-state index in [4.69, 9.17) is 27.8 Å². The van der Waals surface area contributed by atoms with Gasteiger partial charge in [0.05, 0.1) is 5.54 Å². The van der Waals surface area contributed by atoms with Gasteiger partial charge in [-0.3, -0.25) is 4.79 Å². The molecule has 2 aromatic rings. The third-order valence-electron chi connectivity index (χ3n) is 3.77. The van der Waals surface area contributed by atoms with Crippen molar-refractivity contribution in [1.82, 2.24) is 0 Å². The Bertz CT molecular complexity index is 669. The molecule has 23 heavy (non-hydrogen) atoms. The molecule has 5 heteroatoms. The van der Waals surface area contributed by atoms with Gasteiger partial charge in [0, 0.05) is 10.6 Å². The molecular weight excluding hydrogens is 312 g/mol. The van der Waals surface area contributed by atoms with Crippen LogP contribution in [0.4, 0.5) is 0 Å². The van der Waals surface area contributed by atoms with Crippen LogP contribution in [0.3, 0.4) is 0 Å². The zero-order valence-corrected chi connectivity index (χ0v) is 13.8. The lowest BCUT2D eigenvalue weighted by Gasteiger charge is -2.20. The van der Waals surface area contributed by atoms with E-state index < -0.39 is 11.4 Å². The van der Waals surface area contributed by atoms with E-state index >= 15 is 0 Å². The van der Waals surface area contributed by atoms with Crippen LogP contribution in [0.25, 0.3) is 0 Å². The zero-order valence-electron chi connectivity index (χ0n) is 13.1. The van der Waals surface area contributed by atoms with E-state index in [-0.39, 0.29) is 0 Å². The summed E-state index contributed by atoms with van der Waals surface area (Å²) >= 11 is 6.10. The molecule has 0 spiro atoms. The van der Waals surface area contributed by atoms with Crippen molar-refractivity contribution in [1.29, 1.82) is 0 Å². The van der Waals surface area contributed by atoms with Gasteiger partial charge in [0.15, 0.2) is 0 Å². The number of carbonyl (C=O) groups is 1. The summed E-state index contributed by atoms with van der Waals surface area (Å²) in [5, 5.41) is 0.692. The molecule has 4 N–H and O–H groups in total. The number of halogens is 1. The molecule has 1 amide bonds. The average molecular weight is 333 g/mol. The summed E-state index contributed by atoms with van der Waals surface area (Å²) in [5.41, 5.74) is 12.2. The summed E-state index contributed by atoms with van der Waals surface area (Å²) in [4.78, 5) is 11.2. The van der Waals surface area contributed by atoms with Crippen LogP contribution in [0.5, 0.6) is 5.75 Å². The summed E-state index contributed by atoms with van der Waals surface area (Å²) in [5.74, 6) is 0.274. The molecule has 0 aromatic heterocycles. The van der Waals surface area contributed by atoms with E-state index in [0.717, 1.165) is 16.9 Å². The van der Waals surface area contributed by atoms with E-state index in [1.54, 1.807) is 6.92 Å². The summed E-state index contributed by atoms with van der Waals surface area (Å²) in [6, 6.07) is 15.3. The Labute approximate surface area is 141 Å². The minimum Gasteiger partial charge on any atom is -0.489 e.